The molecule has 2 N–H and O–H groups in total. The van der Waals surface area contributed by atoms with E-state index in [4.69, 9.17) is 10.5 Å². The van der Waals surface area contributed by atoms with Gasteiger partial charge < -0.3 is 15.4 Å². The first-order chi connectivity index (χ1) is 8.77. The van der Waals surface area contributed by atoms with Crippen LogP contribution in [0.2, 0.25) is 0 Å². The zero-order valence-corrected chi connectivity index (χ0v) is 15.4. The van der Waals surface area contributed by atoms with E-state index in [1.54, 1.807) is 7.11 Å². The van der Waals surface area contributed by atoms with Crippen LogP contribution in [-0.2, 0) is 9.53 Å². The van der Waals surface area contributed by atoms with E-state index in [9.17, 15) is 4.79 Å². The lowest BCUT2D eigenvalue weighted by atomic mass is 9.86. The Morgan fingerprint density at radius 2 is 1.90 bits per heavy atom. The lowest BCUT2D eigenvalue weighted by molar-refractivity contribution is -0.138. The summed E-state index contributed by atoms with van der Waals surface area (Å²) in [6.07, 6.45) is 0. The number of halogens is 2. The van der Waals surface area contributed by atoms with Crippen molar-refractivity contribution in [3.8, 4) is 0 Å². The molecule has 0 bridgehead atoms. The molecule has 1 fully saturated rings. The molecule has 1 aliphatic rings. The van der Waals surface area contributed by atoms with Crippen molar-refractivity contribution < 1.29 is 9.53 Å². The van der Waals surface area contributed by atoms with Crippen LogP contribution in [-0.4, -0.2) is 67.7 Å². The highest BCUT2D eigenvalue weighted by Crippen LogP contribution is 2.20. The fourth-order valence-electron chi connectivity index (χ4n) is 2.30. The van der Waals surface area contributed by atoms with Gasteiger partial charge in [-0.25, -0.2) is 0 Å². The van der Waals surface area contributed by atoms with Crippen molar-refractivity contribution in [2.75, 3.05) is 39.9 Å². The van der Waals surface area contributed by atoms with Crippen molar-refractivity contribution >= 4 is 30.7 Å². The summed E-state index contributed by atoms with van der Waals surface area (Å²) in [6.45, 7) is 12.2. The number of carbonyl (C=O) groups excluding carboxylic acids is 1. The van der Waals surface area contributed by atoms with Crippen LogP contribution in [0.15, 0.2) is 0 Å². The third kappa shape index (κ3) is 6.70. The highest BCUT2D eigenvalue weighted by molar-refractivity contribution is 5.85. The minimum absolute atomic E-state index is 0. The molecule has 1 unspecified atom stereocenters. The van der Waals surface area contributed by atoms with Crippen LogP contribution in [0.4, 0.5) is 0 Å². The molecule has 1 rings (SSSR count). The molecular formula is C14H31Cl2N3O2. The summed E-state index contributed by atoms with van der Waals surface area (Å²) in [5.74, 6) is 0.0748. The van der Waals surface area contributed by atoms with E-state index in [0.29, 0.717) is 6.04 Å². The molecule has 0 spiro atoms. The van der Waals surface area contributed by atoms with Crippen LogP contribution in [0, 0.1) is 5.41 Å². The summed E-state index contributed by atoms with van der Waals surface area (Å²) < 4.78 is 5.11. The van der Waals surface area contributed by atoms with Crippen LogP contribution < -0.4 is 5.73 Å². The van der Waals surface area contributed by atoms with Gasteiger partial charge in [0.15, 0.2) is 0 Å². The van der Waals surface area contributed by atoms with E-state index in [0.717, 1.165) is 32.8 Å². The summed E-state index contributed by atoms with van der Waals surface area (Å²) in [4.78, 5) is 16.6. The van der Waals surface area contributed by atoms with Gasteiger partial charge in [-0.15, -0.1) is 24.8 Å². The Kier molecular flexibility index (Phi) is 10.9. The Hall–Kier alpha value is -0.0700. The maximum Gasteiger partial charge on any atom is 0.240 e. The third-order valence-corrected chi connectivity index (χ3v) is 3.86. The first-order valence-corrected chi connectivity index (χ1v) is 7.04. The molecule has 0 aromatic heterocycles. The number of carbonyl (C=O) groups is 1. The van der Waals surface area contributed by atoms with Crippen molar-refractivity contribution in [1.82, 2.24) is 9.80 Å². The van der Waals surface area contributed by atoms with Gasteiger partial charge in [0.2, 0.25) is 5.91 Å². The van der Waals surface area contributed by atoms with E-state index in [2.05, 4.69) is 11.8 Å². The first-order valence-electron chi connectivity index (χ1n) is 7.04. The van der Waals surface area contributed by atoms with Gasteiger partial charge in [-0.05, 0) is 12.3 Å². The summed E-state index contributed by atoms with van der Waals surface area (Å²) in [5, 5.41) is 0. The topological polar surface area (TPSA) is 58.8 Å². The number of ether oxygens (including phenoxy) is 1. The van der Waals surface area contributed by atoms with Crippen LogP contribution in [0.5, 0.6) is 0 Å². The average molecular weight is 344 g/mol. The highest BCUT2D eigenvalue weighted by Gasteiger charge is 2.34. The monoisotopic (exact) mass is 343 g/mol. The number of hydrogen-bond acceptors (Lipinski definition) is 4. The van der Waals surface area contributed by atoms with Crippen molar-refractivity contribution in [3.63, 3.8) is 0 Å². The van der Waals surface area contributed by atoms with Gasteiger partial charge in [-0.2, -0.15) is 0 Å². The Bertz CT molecular complexity index is 311. The van der Waals surface area contributed by atoms with Gasteiger partial charge >= 0.3 is 0 Å². The van der Waals surface area contributed by atoms with Crippen molar-refractivity contribution in [3.05, 3.63) is 0 Å². The summed E-state index contributed by atoms with van der Waals surface area (Å²) in [7, 11) is 1.72. The van der Waals surface area contributed by atoms with Gasteiger partial charge in [0.1, 0.15) is 0 Å². The number of nitrogens with two attached hydrogens (primary N) is 1. The minimum Gasteiger partial charge on any atom is -0.383 e. The second-order valence-electron chi connectivity index (χ2n) is 6.51. The standard InChI is InChI=1S/C14H29N3O2.2ClH/c1-11-10-17(7-6-16(11)8-9-19-5)13(18)12(15)14(2,3)4;;/h11-12H,6-10,15H2,1-5H3;2*1H/t11?,12-;;/m1../s1. The second kappa shape index (κ2) is 9.85. The molecule has 7 heteroatoms. The highest BCUT2D eigenvalue weighted by atomic mass is 35.5. The smallest absolute Gasteiger partial charge is 0.240 e. The third-order valence-electron chi connectivity index (χ3n) is 3.86. The van der Waals surface area contributed by atoms with E-state index in [1.165, 1.54) is 0 Å². The molecule has 128 valence electrons. The molecule has 2 atom stereocenters. The molecule has 0 aromatic carbocycles. The van der Waals surface area contributed by atoms with Crippen LogP contribution in [0.3, 0.4) is 0 Å². The van der Waals surface area contributed by atoms with E-state index in [-0.39, 0.29) is 36.1 Å². The lowest BCUT2D eigenvalue weighted by Crippen LogP contribution is -2.59. The Morgan fingerprint density at radius 1 is 1.33 bits per heavy atom. The predicted molar refractivity (Wildman–Crippen MR) is 91.4 cm³/mol. The Labute approximate surface area is 141 Å². The lowest BCUT2D eigenvalue weighted by Gasteiger charge is -2.41. The van der Waals surface area contributed by atoms with Gasteiger partial charge in [-0.1, -0.05) is 20.8 Å². The van der Waals surface area contributed by atoms with E-state index in [1.807, 2.05) is 25.7 Å². The van der Waals surface area contributed by atoms with Gasteiger partial charge in [0.25, 0.3) is 0 Å². The fourth-order valence-corrected chi connectivity index (χ4v) is 2.30. The van der Waals surface area contributed by atoms with Crippen LogP contribution in [0.1, 0.15) is 27.7 Å². The molecule has 21 heavy (non-hydrogen) atoms. The summed E-state index contributed by atoms with van der Waals surface area (Å²) in [6, 6.07) is -0.0646. The van der Waals surface area contributed by atoms with Crippen molar-refractivity contribution in [2.45, 2.75) is 39.8 Å². The largest absolute Gasteiger partial charge is 0.383 e. The quantitative estimate of drug-likeness (QED) is 0.837. The number of amides is 1. The number of piperazine rings is 1. The molecule has 1 saturated heterocycles. The normalized spacial score (nSPS) is 21.2. The SMILES string of the molecule is COCCN1CCN(C(=O)[C@@H](N)C(C)(C)C)CC1C.Cl.Cl. The van der Waals surface area contributed by atoms with E-state index >= 15 is 0 Å². The van der Waals surface area contributed by atoms with Crippen molar-refractivity contribution in [2.24, 2.45) is 11.1 Å². The number of rotatable bonds is 4. The van der Waals surface area contributed by atoms with Gasteiger partial charge in [0, 0.05) is 39.3 Å². The maximum atomic E-state index is 12.4. The number of methoxy groups -OCH3 is 1. The zero-order chi connectivity index (χ0) is 14.6. The molecule has 0 aromatic rings. The molecule has 0 saturated carbocycles. The summed E-state index contributed by atoms with van der Waals surface area (Å²) in [5.41, 5.74) is 5.87. The van der Waals surface area contributed by atoms with Gasteiger partial charge in [0.05, 0.1) is 12.6 Å². The van der Waals surface area contributed by atoms with Crippen LogP contribution >= 0.6 is 24.8 Å². The second-order valence-corrected chi connectivity index (χ2v) is 6.51. The maximum absolute atomic E-state index is 12.4. The van der Waals surface area contributed by atoms with Crippen molar-refractivity contribution in [1.29, 1.82) is 0 Å². The molecular weight excluding hydrogens is 313 g/mol. The summed E-state index contributed by atoms with van der Waals surface area (Å²) >= 11 is 0. The molecule has 1 amide bonds. The molecule has 1 heterocycles. The molecule has 5 nitrogen and oxygen atoms in total. The van der Waals surface area contributed by atoms with E-state index < -0.39 is 6.04 Å². The molecule has 0 radical (unpaired) electrons. The average Bonchev–Trinajstić information content (AvgIpc) is 2.34. The van der Waals surface area contributed by atoms with Crippen LogP contribution in [0.25, 0.3) is 0 Å². The zero-order valence-electron chi connectivity index (χ0n) is 13.8. The molecule has 1 aliphatic heterocycles. The minimum atomic E-state index is -0.426. The fraction of sp³-hybridized carbons (Fsp3) is 0.929. The Morgan fingerprint density at radius 3 is 2.33 bits per heavy atom. The molecule has 0 aliphatic carbocycles. The number of hydrogen-bond donors (Lipinski definition) is 1. The first kappa shape index (κ1) is 23.2. The Balaban J connectivity index is 0. The van der Waals surface area contributed by atoms with Gasteiger partial charge in [-0.3, -0.25) is 9.69 Å². The predicted octanol–water partition coefficient (Wildman–Crippen LogP) is 1.38. The number of nitrogens with zero attached hydrogens (tertiary/aromatic N) is 2.